The minimum atomic E-state index is -4.07. The third kappa shape index (κ3) is 4.91. The molecule has 0 spiro atoms. The average molecular weight is 393 g/mol. The SMILES string of the molecule is COc1cccc(NS(=O)(=O)c2cc(/C=C/C(=O)O)cc(OC)c2OC)c1. The first-order valence-corrected chi connectivity index (χ1v) is 9.13. The van der Waals surface area contributed by atoms with E-state index in [0.717, 1.165) is 6.08 Å². The Morgan fingerprint density at radius 1 is 1.07 bits per heavy atom. The van der Waals surface area contributed by atoms with Gasteiger partial charge in [0.1, 0.15) is 10.6 Å². The fourth-order valence-corrected chi connectivity index (χ4v) is 3.58. The van der Waals surface area contributed by atoms with E-state index in [1.807, 2.05) is 0 Å². The van der Waals surface area contributed by atoms with Gasteiger partial charge < -0.3 is 19.3 Å². The molecule has 0 aliphatic carbocycles. The summed E-state index contributed by atoms with van der Waals surface area (Å²) >= 11 is 0. The van der Waals surface area contributed by atoms with Gasteiger partial charge in [-0.2, -0.15) is 0 Å². The molecule has 0 bridgehead atoms. The van der Waals surface area contributed by atoms with Crippen molar-refractivity contribution >= 4 is 27.8 Å². The van der Waals surface area contributed by atoms with Crippen molar-refractivity contribution < 1.29 is 32.5 Å². The highest BCUT2D eigenvalue weighted by atomic mass is 32.2. The second-order valence-corrected chi connectivity index (χ2v) is 6.91. The van der Waals surface area contributed by atoms with Gasteiger partial charge in [-0.3, -0.25) is 4.72 Å². The van der Waals surface area contributed by atoms with E-state index in [2.05, 4.69) is 4.72 Å². The smallest absolute Gasteiger partial charge is 0.328 e. The van der Waals surface area contributed by atoms with Crippen LogP contribution in [0.15, 0.2) is 47.4 Å². The van der Waals surface area contributed by atoms with Crippen molar-refractivity contribution in [2.75, 3.05) is 26.1 Å². The fourth-order valence-electron chi connectivity index (χ4n) is 2.31. The topological polar surface area (TPSA) is 111 Å². The Labute approximate surface area is 157 Å². The van der Waals surface area contributed by atoms with Crippen LogP contribution in [0.3, 0.4) is 0 Å². The second-order valence-electron chi connectivity index (χ2n) is 5.26. The molecule has 27 heavy (non-hydrogen) atoms. The van der Waals surface area contributed by atoms with E-state index in [-0.39, 0.29) is 16.4 Å². The second kappa shape index (κ2) is 8.45. The van der Waals surface area contributed by atoms with Gasteiger partial charge in [0.15, 0.2) is 11.5 Å². The van der Waals surface area contributed by atoms with Crippen LogP contribution in [0.25, 0.3) is 6.08 Å². The van der Waals surface area contributed by atoms with Crippen molar-refractivity contribution in [3.05, 3.63) is 48.0 Å². The van der Waals surface area contributed by atoms with Crippen LogP contribution >= 0.6 is 0 Å². The molecule has 2 N–H and O–H groups in total. The molecule has 0 radical (unpaired) electrons. The summed E-state index contributed by atoms with van der Waals surface area (Å²) in [5.41, 5.74) is 0.614. The third-order valence-electron chi connectivity index (χ3n) is 3.50. The minimum Gasteiger partial charge on any atom is -0.497 e. The summed E-state index contributed by atoms with van der Waals surface area (Å²) in [4.78, 5) is 10.6. The van der Waals surface area contributed by atoms with Crippen LogP contribution in [-0.2, 0) is 14.8 Å². The Morgan fingerprint density at radius 2 is 1.81 bits per heavy atom. The fraction of sp³-hybridized carbons (Fsp3) is 0.167. The standard InChI is InChI=1S/C18H19NO7S/c1-24-14-6-4-5-13(11-14)19-27(22,23)16-10-12(7-8-17(20)21)9-15(25-2)18(16)26-3/h4-11,19H,1-3H3,(H,20,21)/b8-7+. The van der Waals surface area contributed by atoms with Gasteiger partial charge >= 0.3 is 5.97 Å². The Morgan fingerprint density at radius 3 is 2.41 bits per heavy atom. The van der Waals surface area contributed by atoms with Crippen molar-refractivity contribution in [1.82, 2.24) is 0 Å². The Balaban J connectivity index is 2.55. The highest BCUT2D eigenvalue weighted by molar-refractivity contribution is 7.92. The van der Waals surface area contributed by atoms with Crippen LogP contribution in [0, 0.1) is 0 Å². The number of sulfonamides is 1. The number of ether oxygens (including phenoxy) is 3. The number of carbonyl (C=O) groups is 1. The summed E-state index contributed by atoms with van der Waals surface area (Å²) in [5, 5.41) is 8.79. The predicted octanol–water partition coefficient (Wildman–Crippen LogP) is 2.61. The van der Waals surface area contributed by atoms with Gasteiger partial charge in [0, 0.05) is 12.1 Å². The molecule has 2 aromatic carbocycles. The molecule has 0 saturated heterocycles. The van der Waals surface area contributed by atoms with Gasteiger partial charge in [-0.15, -0.1) is 0 Å². The number of benzene rings is 2. The summed E-state index contributed by atoms with van der Waals surface area (Å²) in [6.07, 6.45) is 2.15. The molecule has 9 heteroatoms. The van der Waals surface area contributed by atoms with Crippen LogP contribution in [0.4, 0.5) is 5.69 Å². The lowest BCUT2D eigenvalue weighted by atomic mass is 10.2. The van der Waals surface area contributed by atoms with Crippen molar-refractivity contribution in [2.45, 2.75) is 4.90 Å². The van der Waals surface area contributed by atoms with E-state index in [0.29, 0.717) is 17.0 Å². The lowest BCUT2D eigenvalue weighted by Gasteiger charge is -2.15. The van der Waals surface area contributed by atoms with Crippen molar-refractivity contribution in [2.24, 2.45) is 0 Å². The number of anilines is 1. The van der Waals surface area contributed by atoms with Crippen molar-refractivity contribution in [3.8, 4) is 17.2 Å². The number of carboxylic acid groups (broad SMARTS) is 1. The number of hydrogen-bond acceptors (Lipinski definition) is 6. The monoisotopic (exact) mass is 393 g/mol. The number of nitrogens with one attached hydrogen (secondary N) is 1. The van der Waals surface area contributed by atoms with Crippen LogP contribution < -0.4 is 18.9 Å². The van der Waals surface area contributed by atoms with Crippen LogP contribution in [0.2, 0.25) is 0 Å². The maximum atomic E-state index is 12.9. The Hall–Kier alpha value is -3.20. The zero-order valence-corrected chi connectivity index (χ0v) is 15.7. The van der Waals surface area contributed by atoms with E-state index in [9.17, 15) is 13.2 Å². The molecule has 2 aromatic rings. The predicted molar refractivity (Wildman–Crippen MR) is 100 cm³/mol. The zero-order valence-electron chi connectivity index (χ0n) is 14.9. The molecular formula is C18H19NO7S. The molecule has 0 aliphatic rings. The molecule has 0 saturated carbocycles. The van der Waals surface area contributed by atoms with Gasteiger partial charge in [-0.1, -0.05) is 6.07 Å². The molecule has 0 aromatic heterocycles. The normalized spacial score (nSPS) is 11.2. The third-order valence-corrected chi connectivity index (χ3v) is 4.88. The number of rotatable bonds is 8. The van der Waals surface area contributed by atoms with E-state index in [1.54, 1.807) is 18.2 Å². The molecule has 0 aliphatic heterocycles. The number of carboxylic acids is 1. The van der Waals surface area contributed by atoms with Gasteiger partial charge in [0.2, 0.25) is 0 Å². The average Bonchev–Trinajstić information content (AvgIpc) is 2.65. The van der Waals surface area contributed by atoms with E-state index >= 15 is 0 Å². The largest absolute Gasteiger partial charge is 0.497 e. The Bertz CT molecular complexity index is 968. The van der Waals surface area contributed by atoms with Gasteiger partial charge in [-0.25, -0.2) is 13.2 Å². The van der Waals surface area contributed by atoms with E-state index < -0.39 is 16.0 Å². The molecule has 0 heterocycles. The summed E-state index contributed by atoms with van der Waals surface area (Å²) in [6, 6.07) is 9.18. The van der Waals surface area contributed by atoms with E-state index in [4.69, 9.17) is 19.3 Å². The molecule has 144 valence electrons. The molecule has 0 amide bonds. The summed E-state index contributed by atoms with van der Waals surface area (Å²) in [5.74, 6) is -0.530. The summed E-state index contributed by atoms with van der Waals surface area (Å²) in [6.45, 7) is 0. The number of aliphatic carboxylic acids is 1. The van der Waals surface area contributed by atoms with Gasteiger partial charge in [-0.05, 0) is 35.9 Å². The molecular weight excluding hydrogens is 374 g/mol. The van der Waals surface area contributed by atoms with Crippen LogP contribution in [0.1, 0.15) is 5.56 Å². The number of hydrogen-bond donors (Lipinski definition) is 2. The highest BCUT2D eigenvalue weighted by Gasteiger charge is 2.24. The van der Waals surface area contributed by atoms with Crippen molar-refractivity contribution in [1.29, 1.82) is 0 Å². The molecule has 8 nitrogen and oxygen atoms in total. The lowest BCUT2D eigenvalue weighted by Crippen LogP contribution is -2.15. The maximum absolute atomic E-state index is 12.9. The van der Waals surface area contributed by atoms with Gasteiger partial charge in [0.05, 0.1) is 27.0 Å². The quantitative estimate of drug-likeness (QED) is 0.663. The molecule has 2 rings (SSSR count). The first-order valence-electron chi connectivity index (χ1n) is 7.64. The van der Waals surface area contributed by atoms with E-state index in [1.165, 1.54) is 45.6 Å². The van der Waals surface area contributed by atoms with Crippen molar-refractivity contribution in [3.63, 3.8) is 0 Å². The van der Waals surface area contributed by atoms with Gasteiger partial charge in [0.25, 0.3) is 10.0 Å². The Kier molecular flexibility index (Phi) is 6.30. The summed E-state index contributed by atoms with van der Waals surface area (Å²) < 4.78 is 43.7. The minimum absolute atomic E-state index is 0.000344. The lowest BCUT2D eigenvalue weighted by molar-refractivity contribution is -0.131. The first kappa shape index (κ1) is 20.1. The van der Waals surface area contributed by atoms with Crippen LogP contribution in [-0.4, -0.2) is 40.8 Å². The summed E-state index contributed by atoms with van der Waals surface area (Å²) in [7, 11) is 0.0756. The molecule has 0 atom stereocenters. The number of methoxy groups -OCH3 is 3. The highest BCUT2D eigenvalue weighted by Crippen LogP contribution is 2.37. The molecule has 0 unspecified atom stereocenters. The van der Waals surface area contributed by atoms with Crippen LogP contribution in [0.5, 0.6) is 17.2 Å². The maximum Gasteiger partial charge on any atom is 0.328 e. The first-order chi connectivity index (χ1) is 12.8. The zero-order chi connectivity index (χ0) is 20.0. The molecule has 0 fully saturated rings.